The molecular formula is C21H20F3N3O. The number of fused-ring (bicyclic) bond motifs is 1. The van der Waals surface area contributed by atoms with Crippen LogP contribution >= 0.6 is 0 Å². The van der Waals surface area contributed by atoms with Crippen LogP contribution in [0.5, 0.6) is 0 Å². The number of nitrogens with one attached hydrogen (secondary N) is 1. The summed E-state index contributed by atoms with van der Waals surface area (Å²) in [7, 11) is 0. The van der Waals surface area contributed by atoms with Crippen molar-refractivity contribution in [3.63, 3.8) is 0 Å². The number of amides is 1. The molecule has 1 heterocycles. The maximum absolute atomic E-state index is 13.4. The Labute approximate surface area is 160 Å². The summed E-state index contributed by atoms with van der Waals surface area (Å²) in [5, 5.41) is 2.85. The van der Waals surface area contributed by atoms with Crippen LogP contribution in [-0.2, 0) is 22.9 Å². The number of carbonyl (C=O) groups excluding carboxylic acids is 1. The van der Waals surface area contributed by atoms with Gasteiger partial charge in [-0.3, -0.25) is 4.79 Å². The average Bonchev–Trinajstić information content (AvgIpc) is 3.01. The molecule has 1 fully saturated rings. The van der Waals surface area contributed by atoms with Crippen LogP contribution in [0.1, 0.15) is 30.7 Å². The van der Waals surface area contributed by atoms with Crippen LogP contribution in [0.25, 0.3) is 11.0 Å². The standard InChI is InChI=1S/C21H20F3N3O/c22-21(23,24)19-26-16-9-4-5-10-17(16)27(19)13-18(28)25-14-20(11-6-12-20)15-7-2-1-3-8-15/h1-5,7-10H,6,11-14H2,(H,25,28). The lowest BCUT2D eigenvalue weighted by Gasteiger charge is -2.42. The fourth-order valence-corrected chi connectivity index (χ4v) is 3.88. The van der Waals surface area contributed by atoms with Gasteiger partial charge in [0.2, 0.25) is 11.7 Å². The SMILES string of the molecule is O=C(Cn1c(C(F)(F)F)nc2ccccc21)NCC1(c2ccccc2)CCC1. The monoisotopic (exact) mass is 387 g/mol. The van der Waals surface area contributed by atoms with Crippen molar-refractivity contribution in [3.8, 4) is 0 Å². The summed E-state index contributed by atoms with van der Waals surface area (Å²) in [5.74, 6) is -1.50. The van der Waals surface area contributed by atoms with E-state index in [1.807, 2.05) is 30.3 Å². The van der Waals surface area contributed by atoms with Gasteiger partial charge >= 0.3 is 6.18 Å². The van der Waals surface area contributed by atoms with Crippen molar-refractivity contribution in [1.82, 2.24) is 14.9 Å². The fraction of sp³-hybridized carbons (Fsp3) is 0.333. The Bertz CT molecular complexity index is 991. The molecule has 1 aromatic heterocycles. The van der Waals surface area contributed by atoms with E-state index in [0.717, 1.165) is 29.4 Å². The van der Waals surface area contributed by atoms with Crippen molar-refractivity contribution >= 4 is 16.9 Å². The van der Waals surface area contributed by atoms with E-state index in [4.69, 9.17) is 0 Å². The third kappa shape index (κ3) is 3.37. The van der Waals surface area contributed by atoms with Gasteiger partial charge in [-0.05, 0) is 30.5 Å². The minimum atomic E-state index is -4.63. The van der Waals surface area contributed by atoms with Crippen LogP contribution in [-0.4, -0.2) is 22.0 Å². The number of aromatic nitrogens is 2. The summed E-state index contributed by atoms with van der Waals surface area (Å²) < 4.78 is 41.1. The first-order valence-corrected chi connectivity index (χ1v) is 9.24. The molecule has 146 valence electrons. The van der Waals surface area contributed by atoms with Gasteiger partial charge in [-0.2, -0.15) is 13.2 Å². The molecule has 4 nitrogen and oxygen atoms in total. The maximum atomic E-state index is 13.4. The Morgan fingerprint density at radius 3 is 2.39 bits per heavy atom. The molecule has 2 aromatic carbocycles. The summed E-state index contributed by atoms with van der Waals surface area (Å²) in [6.45, 7) is 0.00402. The molecule has 0 radical (unpaired) electrons. The Hall–Kier alpha value is -2.83. The van der Waals surface area contributed by atoms with Crippen molar-refractivity contribution in [2.75, 3.05) is 6.54 Å². The number of imidazole rings is 1. The first kappa shape index (κ1) is 18.5. The third-order valence-corrected chi connectivity index (χ3v) is 5.53. The largest absolute Gasteiger partial charge is 0.449 e. The Morgan fingerprint density at radius 1 is 1.07 bits per heavy atom. The van der Waals surface area contributed by atoms with E-state index in [9.17, 15) is 18.0 Å². The van der Waals surface area contributed by atoms with Crippen LogP contribution in [0.3, 0.4) is 0 Å². The zero-order valence-corrected chi connectivity index (χ0v) is 15.2. The number of hydrogen-bond donors (Lipinski definition) is 1. The number of para-hydroxylation sites is 2. The predicted octanol–water partition coefficient (Wildman–Crippen LogP) is 4.29. The number of nitrogens with zero attached hydrogens (tertiary/aromatic N) is 2. The van der Waals surface area contributed by atoms with Gasteiger partial charge < -0.3 is 9.88 Å². The van der Waals surface area contributed by atoms with Crippen molar-refractivity contribution in [2.24, 2.45) is 0 Å². The molecule has 0 bridgehead atoms. The smallest absolute Gasteiger partial charge is 0.354 e. The van der Waals surface area contributed by atoms with Gasteiger partial charge in [-0.15, -0.1) is 0 Å². The van der Waals surface area contributed by atoms with Crippen LogP contribution in [0.15, 0.2) is 54.6 Å². The zero-order valence-electron chi connectivity index (χ0n) is 15.2. The lowest BCUT2D eigenvalue weighted by atomic mass is 9.64. The fourth-order valence-electron chi connectivity index (χ4n) is 3.88. The van der Waals surface area contributed by atoms with Crippen molar-refractivity contribution in [1.29, 1.82) is 0 Å². The van der Waals surface area contributed by atoms with Gasteiger partial charge in [-0.1, -0.05) is 48.9 Å². The minimum Gasteiger partial charge on any atom is -0.354 e. The summed E-state index contributed by atoms with van der Waals surface area (Å²) in [6, 6.07) is 16.3. The number of hydrogen-bond acceptors (Lipinski definition) is 2. The number of rotatable bonds is 5. The molecule has 3 aromatic rings. The highest BCUT2D eigenvalue weighted by atomic mass is 19.4. The highest BCUT2D eigenvalue weighted by Gasteiger charge is 2.40. The molecule has 7 heteroatoms. The first-order chi connectivity index (χ1) is 13.4. The highest BCUT2D eigenvalue weighted by Crippen LogP contribution is 2.43. The van der Waals surface area contributed by atoms with Crippen molar-refractivity contribution in [2.45, 2.75) is 37.4 Å². The van der Waals surface area contributed by atoms with Gasteiger partial charge in [0.15, 0.2) is 0 Å². The molecule has 0 saturated heterocycles. The van der Waals surface area contributed by atoms with E-state index in [0.29, 0.717) is 12.1 Å². The molecule has 0 spiro atoms. The van der Waals surface area contributed by atoms with E-state index in [-0.39, 0.29) is 10.9 Å². The second-order valence-electron chi connectivity index (χ2n) is 7.28. The molecule has 1 N–H and O–H groups in total. The summed E-state index contributed by atoms with van der Waals surface area (Å²) >= 11 is 0. The minimum absolute atomic E-state index is 0.124. The third-order valence-electron chi connectivity index (χ3n) is 5.53. The van der Waals surface area contributed by atoms with E-state index in [1.165, 1.54) is 6.07 Å². The molecule has 0 unspecified atom stereocenters. The van der Waals surface area contributed by atoms with Gasteiger partial charge in [0.05, 0.1) is 11.0 Å². The summed E-state index contributed by atoms with van der Waals surface area (Å²) in [6.07, 6.45) is -1.63. The quantitative estimate of drug-likeness (QED) is 0.710. The van der Waals surface area contributed by atoms with Gasteiger partial charge in [0, 0.05) is 12.0 Å². The second kappa shape index (κ2) is 6.96. The van der Waals surface area contributed by atoms with Crippen molar-refractivity contribution < 1.29 is 18.0 Å². The molecule has 4 rings (SSSR count). The predicted molar refractivity (Wildman–Crippen MR) is 99.7 cm³/mol. The lowest BCUT2D eigenvalue weighted by Crippen LogP contribution is -2.46. The van der Waals surface area contributed by atoms with Crippen LogP contribution in [0.4, 0.5) is 13.2 Å². The molecule has 1 aliphatic carbocycles. The summed E-state index contributed by atoms with van der Waals surface area (Å²) in [5.41, 5.74) is 1.56. The molecule has 1 amide bonds. The highest BCUT2D eigenvalue weighted by molar-refractivity contribution is 5.81. The Kier molecular flexibility index (Phi) is 4.61. The number of benzene rings is 2. The number of halogens is 3. The summed E-state index contributed by atoms with van der Waals surface area (Å²) in [4.78, 5) is 16.2. The molecule has 1 aliphatic rings. The Balaban J connectivity index is 1.53. The second-order valence-corrected chi connectivity index (χ2v) is 7.28. The van der Waals surface area contributed by atoms with E-state index in [2.05, 4.69) is 10.3 Å². The molecule has 1 saturated carbocycles. The van der Waals surface area contributed by atoms with Gasteiger partial charge in [0.25, 0.3) is 0 Å². The maximum Gasteiger partial charge on any atom is 0.449 e. The van der Waals surface area contributed by atoms with Crippen LogP contribution < -0.4 is 5.32 Å². The molecular weight excluding hydrogens is 367 g/mol. The first-order valence-electron chi connectivity index (χ1n) is 9.24. The molecule has 0 atom stereocenters. The number of carbonyl (C=O) groups is 1. The van der Waals surface area contributed by atoms with Gasteiger partial charge in [-0.25, -0.2) is 4.98 Å². The van der Waals surface area contributed by atoms with E-state index < -0.39 is 24.5 Å². The van der Waals surface area contributed by atoms with Crippen LogP contribution in [0, 0.1) is 0 Å². The lowest BCUT2D eigenvalue weighted by molar-refractivity contribution is -0.147. The zero-order chi connectivity index (χ0) is 19.8. The average molecular weight is 387 g/mol. The van der Waals surface area contributed by atoms with E-state index in [1.54, 1.807) is 18.2 Å². The topological polar surface area (TPSA) is 46.9 Å². The van der Waals surface area contributed by atoms with Crippen molar-refractivity contribution in [3.05, 3.63) is 66.0 Å². The van der Waals surface area contributed by atoms with Gasteiger partial charge in [0.1, 0.15) is 6.54 Å². The van der Waals surface area contributed by atoms with E-state index >= 15 is 0 Å². The van der Waals surface area contributed by atoms with Crippen LogP contribution in [0.2, 0.25) is 0 Å². The Morgan fingerprint density at radius 2 is 1.75 bits per heavy atom. The normalized spacial score (nSPS) is 16.0. The number of alkyl halides is 3. The molecule has 28 heavy (non-hydrogen) atoms. The molecule has 0 aliphatic heterocycles.